The molecule has 3 rings (SSSR count). The minimum absolute atomic E-state index is 0.261. The SMILES string of the molecule is COc1ccc(-c2cccc(NC(N)=O)c2)cc1OC1CCCC1. The molecular formula is C19H22N2O3. The van der Waals surface area contributed by atoms with Gasteiger partial charge in [-0.25, -0.2) is 4.79 Å². The van der Waals surface area contributed by atoms with Gasteiger partial charge in [-0.05, 0) is 61.1 Å². The van der Waals surface area contributed by atoms with Gasteiger partial charge in [0.05, 0.1) is 13.2 Å². The summed E-state index contributed by atoms with van der Waals surface area (Å²) in [5.41, 5.74) is 7.81. The summed E-state index contributed by atoms with van der Waals surface area (Å²) in [6.07, 6.45) is 4.87. The van der Waals surface area contributed by atoms with E-state index in [9.17, 15) is 4.79 Å². The van der Waals surface area contributed by atoms with Crippen molar-refractivity contribution in [2.24, 2.45) is 5.73 Å². The largest absolute Gasteiger partial charge is 0.493 e. The zero-order chi connectivity index (χ0) is 16.9. The molecular weight excluding hydrogens is 304 g/mol. The Morgan fingerprint density at radius 3 is 2.54 bits per heavy atom. The Morgan fingerprint density at radius 2 is 1.83 bits per heavy atom. The number of rotatable bonds is 5. The highest BCUT2D eigenvalue weighted by Crippen LogP contribution is 2.35. The standard InChI is InChI=1S/C19H22N2O3/c1-23-17-10-9-14(12-18(17)24-16-7-2-3-8-16)13-5-4-6-15(11-13)21-19(20)22/h4-6,9-12,16H,2-3,7-8H2,1H3,(H3,20,21,22). The van der Waals surface area contributed by atoms with Gasteiger partial charge in [0.1, 0.15) is 0 Å². The maximum absolute atomic E-state index is 11.0. The summed E-state index contributed by atoms with van der Waals surface area (Å²) >= 11 is 0. The van der Waals surface area contributed by atoms with Crippen LogP contribution in [0.3, 0.4) is 0 Å². The zero-order valence-electron chi connectivity index (χ0n) is 13.7. The number of carbonyl (C=O) groups excluding carboxylic acids is 1. The number of amides is 2. The number of carbonyl (C=O) groups is 1. The molecule has 0 heterocycles. The highest BCUT2D eigenvalue weighted by molar-refractivity contribution is 5.88. The molecule has 0 bridgehead atoms. The lowest BCUT2D eigenvalue weighted by atomic mass is 10.0. The van der Waals surface area contributed by atoms with Gasteiger partial charge in [-0.1, -0.05) is 18.2 Å². The average molecular weight is 326 g/mol. The maximum Gasteiger partial charge on any atom is 0.316 e. The fraction of sp³-hybridized carbons (Fsp3) is 0.316. The molecule has 1 saturated carbocycles. The second-order valence-corrected chi connectivity index (χ2v) is 5.96. The van der Waals surface area contributed by atoms with E-state index in [4.69, 9.17) is 15.2 Å². The lowest BCUT2D eigenvalue weighted by molar-refractivity contribution is 0.201. The molecule has 2 aromatic rings. The molecule has 0 atom stereocenters. The minimum Gasteiger partial charge on any atom is -0.493 e. The van der Waals surface area contributed by atoms with Crippen LogP contribution in [0.5, 0.6) is 11.5 Å². The Labute approximate surface area is 141 Å². The number of primary amides is 1. The van der Waals surface area contributed by atoms with E-state index in [1.807, 2.05) is 36.4 Å². The molecule has 2 amide bonds. The lowest BCUT2D eigenvalue weighted by Crippen LogP contribution is -2.19. The maximum atomic E-state index is 11.0. The van der Waals surface area contributed by atoms with Gasteiger partial charge in [0.25, 0.3) is 0 Å². The van der Waals surface area contributed by atoms with Crippen molar-refractivity contribution >= 4 is 11.7 Å². The van der Waals surface area contributed by atoms with Gasteiger partial charge in [0.15, 0.2) is 11.5 Å². The number of hydrogen-bond acceptors (Lipinski definition) is 3. The Morgan fingerprint density at radius 1 is 1.08 bits per heavy atom. The van der Waals surface area contributed by atoms with Gasteiger partial charge in [-0.15, -0.1) is 0 Å². The Balaban J connectivity index is 1.89. The van der Waals surface area contributed by atoms with Crippen LogP contribution in [-0.2, 0) is 0 Å². The quantitative estimate of drug-likeness (QED) is 0.866. The van der Waals surface area contributed by atoms with Gasteiger partial charge in [0, 0.05) is 5.69 Å². The number of nitrogens with two attached hydrogens (primary N) is 1. The van der Waals surface area contributed by atoms with Crippen LogP contribution in [0.2, 0.25) is 0 Å². The highest BCUT2D eigenvalue weighted by atomic mass is 16.5. The third-order valence-electron chi connectivity index (χ3n) is 4.22. The molecule has 24 heavy (non-hydrogen) atoms. The summed E-state index contributed by atoms with van der Waals surface area (Å²) in [7, 11) is 1.65. The van der Waals surface area contributed by atoms with Crippen LogP contribution in [-0.4, -0.2) is 19.2 Å². The molecule has 1 aliphatic carbocycles. The van der Waals surface area contributed by atoms with Crippen LogP contribution in [0, 0.1) is 0 Å². The van der Waals surface area contributed by atoms with Crippen molar-refractivity contribution in [1.29, 1.82) is 0 Å². The Kier molecular flexibility index (Phi) is 4.89. The highest BCUT2D eigenvalue weighted by Gasteiger charge is 2.18. The van der Waals surface area contributed by atoms with E-state index >= 15 is 0 Å². The molecule has 2 aromatic carbocycles. The molecule has 0 aliphatic heterocycles. The number of ether oxygens (including phenoxy) is 2. The molecule has 1 fully saturated rings. The Hall–Kier alpha value is -2.69. The van der Waals surface area contributed by atoms with Crippen LogP contribution < -0.4 is 20.5 Å². The third-order valence-corrected chi connectivity index (χ3v) is 4.22. The first-order valence-corrected chi connectivity index (χ1v) is 8.17. The monoisotopic (exact) mass is 326 g/mol. The number of anilines is 1. The molecule has 3 N–H and O–H groups in total. The average Bonchev–Trinajstić information content (AvgIpc) is 3.07. The second kappa shape index (κ2) is 7.25. The van der Waals surface area contributed by atoms with Gasteiger partial charge in [0.2, 0.25) is 0 Å². The van der Waals surface area contributed by atoms with Gasteiger partial charge < -0.3 is 20.5 Å². The number of urea groups is 1. The summed E-state index contributed by atoms with van der Waals surface area (Å²) < 4.78 is 11.6. The molecule has 0 unspecified atom stereocenters. The van der Waals surface area contributed by atoms with Gasteiger partial charge >= 0.3 is 6.03 Å². The second-order valence-electron chi connectivity index (χ2n) is 5.96. The van der Waals surface area contributed by atoms with E-state index in [-0.39, 0.29) is 6.10 Å². The first kappa shape index (κ1) is 16.2. The van der Waals surface area contributed by atoms with Gasteiger partial charge in [-0.2, -0.15) is 0 Å². The predicted molar refractivity (Wildman–Crippen MR) is 94.5 cm³/mol. The van der Waals surface area contributed by atoms with Crippen molar-refractivity contribution in [1.82, 2.24) is 0 Å². The molecule has 0 saturated heterocycles. The molecule has 0 radical (unpaired) electrons. The van der Waals surface area contributed by atoms with Gasteiger partial charge in [-0.3, -0.25) is 0 Å². The summed E-state index contributed by atoms with van der Waals surface area (Å²) in [5.74, 6) is 1.49. The van der Waals surface area contributed by atoms with Crippen LogP contribution in [0.25, 0.3) is 11.1 Å². The predicted octanol–water partition coefficient (Wildman–Crippen LogP) is 4.17. The van der Waals surface area contributed by atoms with Crippen LogP contribution in [0.15, 0.2) is 42.5 Å². The Bertz CT molecular complexity index is 724. The van der Waals surface area contributed by atoms with Crippen LogP contribution >= 0.6 is 0 Å². The zero-order valence-corrected chi connectivity index (χ0v) is 13.7. The van der Waals surface area contributed by atoms with Crippen LogP contribution in [0.4, 0.5) is 10.5 Å². The van der Waals surface area contributed by atoms with E-state index in [1.165, 1.54) is 12.8 Å². The molecule has 0 aromatic heterocycles. The lowest BCUT2D eigenvalue weighted by Gasteiger charge is -2.17. The van der Waals surface area contributed by atoms with Crippen molar-refractivity contribution in [3.05, 3.63) is 42.5 Å². The third kappa shape index (κ3) is 3.79. The van der Waals surface area contributed by atoms with E-state index in [0.29, 0.717) is 5.69 Å². The number of benzene rings is 2. The topological polar surface area (TPSA) is 73.6 Å². The minimum atomic E-state index is -0.577. The first-order valence-electron chi connectivity index (χ1n) is 8.17. The van der Waals surface area contributed by atoms with Crippen molar-refractivity contribution in [3.63, 3.8) is 0 Å². The molecule has 1 aliphatic rings. The fourth-order valence-electron chi connectivity index (χ4n) is 3.05. The molecule has 5 nitrogen and oxygen atoms in total. The molecule has 126 valence electrons. The number of hydrogen-bond donors (Lipinski definition) is 2. The van der Waals surface area contributed by atoms with E-state index < -0.39 is 6.03 Å². The number of methoxy groups -OCH3 is 1. The van der Waals surface area contributed by atoms with E-state index in [1.54, 1.807) is 13.2 Å². The van der Waals surface area contributed by atoms with Crippen LogP contribution in [0.1, 0.15) is 25.7 Å². The summed E-state index contributed by atoms with van der Waals surface area (Å²) in [6, 6.07) is 12.8. The first-order chi connectivity index (χ1) is 11.7. The summed E-state index contributed by atoms with van der Waals surface area (Å²) in [5, 5.41) is 2.59. The van der Waals surface area contributed by atoms with Crippen molar-refractivity contribution in [2.75, 3.05) is 12.4 Å². The fourth-order valence-corrected chi connectivity index (χ4v) is 3.05. The van der Waals surface area contributed by atoms with Crippen molar-refractivity contribution < 1.29 is 14.3 Å². The summed E-state index contributed by atoms with van der Waals surface area (Å²) in [4.78, 5) is 11.0. The smallest absolute Gasteiger partial charge is 0.316 e. The van der Waals surface area contributed by atoms with E-state index in [2.05, 4.69) is 5.32 Å². The molecule has 0 spiro atoms. The normalized spacial score (nSPS) is 14.4. The number of nitrogens with one attached hydrogen (secondary N) is 1. The van der Waals surface area contributed by atoms with Crippen molar-refractivity contribution in [3.8, 4) is 22.6 Å². The van der Waals surface area contributed by atoms with Crippen molar-refractivity contribution in [2.45, 2.75) is 31.8 Å². The summed E-state index contributed by atoms with van der Waals surface area (Å²) in [6.45, 7) is 0. The van der Waals surface area contributed by atoms with E-state index in [0.717, 1.165) is 35.5 Å². The molecule has 5 heteroatoms.